The Morgan fingerprint density at radius 2 is 2.05 bits per heavy atom. The van der Waals surface area contributed by atoms with Crippen molar-refractivity contribution in [3.8, 4) is 0 Å². The first-order valence-corrected chi connectivity index (χ1v) is 6.08. The Hall–Kier alpha value is -1.28. The van der Waals surface area contributed by atoms with Gasteiger partial charge in [-0.1, -0.05) is 0 Å². The van der Waals surface area contributed by atoms with Crippen molar-refractivity contribution in [1.82, 2.24) is 9.97 Å². The topological polar surface area (TPSA) is 84.5 Å². The number of anilines is 1. The summed E-state index contributed by atoms with van der Waals surface area (Å²) in [7, 11) is 0. The van der Waals surface area contributed by atoms with Gasteiger partial charge in [0.25, 0.3) is 0 Å². The molecule has 2 rings (SSSR count). The highest BCUT2D eigenvalue weighted by Gasteiger charge is 2.16. The first kappa shape index (κ1) is 16.8. The van der Waals surface area contributed by atoms with Gasteiger partial charge in [0.05, 0.1) is 19.5 Å². The number of hydrogen-bond donors (Lipinski definition) is 2. The highest BCUT2D eigenvalue weighted by Crippen LogP contribution is 2.20. The van der Waals surface area contributed by atoms with Crippen LogP contribution < -0.4 is 10.6 Å². The standard InChI is InChI=1S/C12H17FN4O2.ClH/c13-5-9(6-14)11(18)10-7-15-12(16-8-10)17-1-3-19-4-2-17;/h5,7-8,11,18H,1-4,6,14H2;1H/b9-5+;. The Balaban J connectivity index is 0.00000200. The molecule has 112 valence electrons. The van der Waals surface area contributed by atoms with Gasteiger partial charge >= 0.3 is 0 Å². The van der Waals surface area contributed by atoms with Crippen molar-refractivity contribution < 1.29 is 14.2 Å². The Morgan fingerprint density at radius 1 is 1.45 bits per heavy atom. The minimum Gasteiger partial charge on any atom is -0.384 e. The van der Waals surface area contributed by atoms with Crippen LogP contribution in [0.2, 0.25) is 0 Å². The van der Waals surface area contributed by atoms with Crippen LogP contribution in [0.1, 0.15) is 11.7 Å². The molecule has 0 bridgehead atoms. The summed E-state index contributed by atoms with van der Waals surface area (Å²) >= 11 is 0. The third-order valence-electron chi connectivity index (χ3n) is 2.99. The average Bonchev–Trinajstić information content (AvgIpc) is 2.49. The number of ether oxygens (including phenoxy) is 1. The van der Waals surface area contributed by atoms with Crippen LogP contribution in [0.5, 0.6) is 0 Å². The largest absolute Gasteiger partial charge is 0.384 e. The van der Waals surface area contributed by atoms with Crippen molar-refractivity contribution in [3.05, 3.63) is 29.9 Å². The highest BCUT2D eigenvalue weighted by atomic mass is 35.5. The maximum atomic E-state index is 12.5. The van der Waals surface area contributed by atoms with Crippen molar-refractivity contribution in [3.63, 3.8) is 0 Å². The molecule has 1 aromatic heterocycles. The fourth-order valence-electron chi connectivity index (χ4n) is 1.83. The minimum atomic E-state index is -1.10. The van der Waals surface area contributed by atoms with E-state index in [1.165, 1.54) is 12.4 Å². The molecule has 1 aromatic rings. The number of rotatable bonds is 4. The maximum Gasteiger partial charge on any atom is 0.225 e. The van der Waals surface area contributed by atoms with Crippen LogP contribution in [0.3, 0.4) is 0 Å². The molecule has 0 radical (unpaired) electrons. The van der Waals surface area contributed by atoms with Crippen molar-refractivity contribution in [2.24, 2.45) is 5.73 Å². The van der Waals surface area contributed by atoms with E-state index in [0.717, 1.165) is 13.1 Å². The average molecular weight is 305 g/mol. The Labute approximate surface area is 122 Å². The van der Waals surface area contributed by atoms with Gasteiger partial charge < -0.3 is 20.5 Å². The van der Waals surface area contributed by atoms with E-state index < -0.39 is 6.10 Å². The molecule has 6 nitrogen and oxygen atoms in total. The normalized spacial score (nSPS) is 17.6. The fraction of sp³-hybridized carbons (Fsp3) is 0.500. The van der Waals surface area contributed by atoms with Gasteiger partial charge in [0, 0.05) is 43.2 Å². The van der Waals surface area contributed by atoms with E-state index in [4.69, 9.17) is 10.5 Å². The molecule has 1 unspecified atom stereocenters. The summed E-state index contributed by atoms with van der Waals surface area (Å²) in [5.41, 5.74) is 5.86. The van der Waals surface area contributed by atoms with E-state index >= 15 is 0 Å². The quantitative estimate of drug-likeness (QED) is 0.846. The molecule has 20 heavy (non-hydrogen) atoms. The molecule has 0 spiro atoms. The van der Waals surface area contributed by atoms with E-state index in [9.17, 15) is 9.50 Å². The second-order valence-electron chi connectivity index (χ2n) is 4.21. The minimum absolute atomic E-state index is 0. The molecule has 1 saturated heterocycles. The van der Waals surface area contributed by atoms with Crippen LogP contribution in [-0.2, 0) is 4.74 Å². The van der Waals surface area contributed by atoms with E-state index in [1.807, 2.05) is 4.90 Å². The highest BCUT2D eigenvalue weighted by molar-refractivity contribution is 5.85. The van der Waals surface area contributed by atoms with Crippen molar-refractivity contribution >= 4 is 18.4 Å². The molecule has 0 aliphatic carbocycles. The summed E-state index contributed by atoms with van der Waals surface area (Å²) in [5, 5.41) is 9.88. The first-order chi connectivity index (χ1) is 9.26. The Kier molecular flexibility index (Phi) is 6.80. The van der Waals surface area contributed by atoms with Crippen molar-refractivity contribution in [2.75, 3.05) is 37.7 Å². The van der Waals surface area contributed by atoms with Gasteiger partial charge in [-0.3, -0.25) is 0 Å². The lowest BCUT2D eigenvalue weighted by molar-refractivity contribution is 0.122. The van der Waals surface area contributed by atoms with Crippen LogP contribution in [0, 0.1) is 0 Å². The van der Waals surface area contributed by atoms with Gasteiger partial charge in [0.1, 0.15) is 6.10 Å². The van der Waals surface area contributed by atoms with E-state index in [1.54, 1.807) is 0 Å². The van der Waals surface area contributed by atoms with E-state index in [2.05, 4.69) is 9.97 Å². The summed E-state index contributed by atoms with van der Waals surface area (Å²) in [6.07, 6.45) is 2.19. The van der Waals surface area contributed by atoms with Gasteiger partial charge in [-0.15, -0.1) is 12.4 Å². The molecule has 8 heteroatoms. The van der Waals surface area contributed by atoms with Crippen molar-refractivity contribution in [1.29, 1.82) is 0 Å². The number of aromatic nitrogens is 2. The van der Waals surface area contributed by atoms with Gasteiger partial charge in [0.15, 0.2) is 0 Å². The molecule has 1 aliphatic heterocycles. The second-order valence-corrected chi connectivity index (χ2v) is 4.21. The summed E-state index contributed by atoms with van der Waals surface area (Å²) in [6, 6.07) is 0. The van der Waals surface area contributed by atoms with Crippen LogP contribution >= 0.6 is 12.4 Å². The Morgan fingerprint density at radius 3 is 2.55 bits per heavy atom. The molecule has 3 N–H and O–H groups in total. The van der Waals surface area contributed by atoms with Crippen LogP contribution in [0.15, 0.2) is 24.3 Å². The summed E-state index contributed by atoms with van der Waals surface area (Å²) in [5.74, 6) is 0.581. The third kappa shape index (κ3) is 3.86. The second kappa shape index (κ2) is 8.11. The number of hydrogen-bond acceptors (Lipinski definition) is 6. The predicted octanol–water partition coefficient (Wildman–Crippen LogP) is 0.580. The zero-order valence-corrected chi connectivity index (χ0v) is 11.7. The summed E-state index contributed by atoms with van der Waals surface area (Å²) < 4.78 is 17.7. The monoisotopic (exact) mass is 304 g/mol. The molecule has 1 aliphatic rings. The molecule has 1 atom stereocenters. The number of nitrogens with two attached hydrogens (primary N) is 1. The number of morpholine rings is 1. The lowest BCUT2D eigenvalue weighted by Crippen LogP contribution is -2.37. The molecular weight excluding hydrogens is 287 g/mol. The summed E-state index contributed by atoms with van der Waals surface area (Å²) in [6.45, 7) is 2.72. The number of aliphatic hydroxyl groups is 1. The number of aliphatic hydroxyl groups excluding tert-OH is 1. The molecular formula is C12H18ClFN4O2. The lowest BCUT2D eigenvalue weighted by Gasteiger charge is -2.26. The van der Waals surface area contributed by atoms with Crippen molar-refractivity contribution in [2.45, 2.75) is 6.10 Å². The summed E-state index contributed by atoms with van der Waals surface area (Å²) in [4.78, 5) is 10.4. The fourth-order valence-corrected chi connectivity index (χ4v) is 1.83. The molecule has 0 saturated carbocycles. The van der Waals surface area contributed by atoms with Gasteiger partial charge in [0.2, 0.25) is 5.95 Å². The molecule has 0 aromatic carbocycles. The molecule has 0 amide bonds. The molecule has 2 heterocycles. The third-order valence-corrected chi connectivity index (χ3v) is 2.99. The predicted molar refractivity (Wildman–Crippen MR) is 75.5 cm³/mol. The molecule has 1 fully saturated rings. The smallest absolute Gasteiger partial charge is 0.225 e. The van der Waals surface area contributed by atoms with Gasteiger partial charge in [-0.25, -0.2) is 14.4 Å². The van der Waals surface area contributed by atoms with E-state index in [-0.39, 0.29) is 24.5 Å². The van der Waals surface area contributed by atoms with Crippen LogP contribution in [-0.4, -0.2) is 47.9 Å². The number of halogens is 2. The van der Waals surface area contributed by atoms with Gasteiger partial charge in [-0.05, 0) is 0 Å². The van der Waals surface area contributed by atoms with Gasteiger partial charge in [-0.2, -0.15) is 0 Å². The lowest BCUT2D eigenvalue weighted by atomic mass is 10.1. The van der Waals surface area contributed by atoms with Crippen LogP contribution in [0.4, 0.5) is 10.3 Å². The first-order valence-electron chi connectivity index (χ1n) is 6.08. The SMILES string of the molecule is Cl.NC/C(=C\F)C(O)c1cnc(N2CCOCC2)nc1. The zero-order chi connectivity index (χ0) is 13.7. The van der Waals surface area contributed by atoms with Crippen LogP contribution in [0.25, 0.3) is 0 Å². The number of nitrogens with zero attached hydrogens (tertiary/aromatic N) is 3. The zero-order valence-electron chi connectivity index (χ0n) is 10.9. The Bertz CT molecular complexity index is 438. The maximum absolute atomic E-state index is 12.5. The van der Waals surface area contributed by atoms with E-state index in [0.29, 0.717) is 31.1 Å².